The third-order valence-electron chi connectivity index (χ3n) is 8.15. The Hall–Kier alpha value is -2.90. The molecule has 7 nitrogen and oxygen atoms in total. The van der Waals surface area contributed by atoms with Gasteiger partial charge in [-0.05, 0) is 61.6 Å². The molecule has 0 unspecified atom stereocenters. The van der Waals surface area contributed by atoms with Crippen LogP contribution in [-0.4, -0.2) is 48.9 Å². The van der Waals surface area contributed by atoms with Crippen molar-refractivity contribution in [3.8, 4) is 0 Å². The summed E-state index contributed by atoms with van der Waals surface area (Å²) in [6.45, 7) is 1.32. The second-order valence-electron chi connectivity index (χ2n) is 9.82. The molecule has 0 bridgehead atoms. The van der Waals surface area contributed by atoms with Gasteiger partial charge in [0.25, 0.3) is 0 Å². The first kappa shape index (κ1) is 21.6. The Morgan fingerprint density at radius 1 is 1.18 bits per heavy atom. The highest BCUT2D eigenvalue weighted by Gasteiger charge is 2.64. The molecule has 176 valence electrons. The number of rotatable bonds is 4. The van der Waals surface area contributed by atoms with Crippen molar-refractivity contribution >= 4 is 40.8 Å². The minimum Gasteiger partial charge on any atom is -0.465 e. The average molecular weight is 480 g/mol. The van der Waals surface area contributed by atoms with E-state index >= 15 is 0 Å². The van der Waals surface area contributed by atoms with E-state index in [1.54, 1.807) is 35.2 Å². The number of ether oxygens (including phenoxy) is 1. The van der Waals surface area contributed by atoms with E-state index in [0.29, 0.717) is 29.5 Å². The molecule has 34 heavy (non-hydrogen) atoms. The SMILES string of the molecule is COC(=O)c1ccc(N2C[C@@H]3[C@@H](C[C@@]4(C(=O)Nc5cc(Cl)ccc54)N3CC3CCC3)C2=O)cc1. The molecule has 1 spiro atoms. The van der Waals surface area contributed by atoms with Gasteiger partial charge in [0, 0.05) is 41.1 Å². The molecule has 0 aromatic heterocycles. The third-order valence-corrected chi connectivity index (χ3v) is 8.39. The van der Waals surface area contributed by atoms with Crippen molar-refractivity contribution in [2.24, 2.45) is 11.8 Å². The number of likely N-dealkylation sites (tertiary alicyclic amines) is 1. The molecule has 3 fully saturated rings. The molecular weight excluding hydrogens is 454 g/mol. The van der Waals surface area contributed by atoms with Crippen LogP contribution >= 0.6 is 11.6 Å². The highest BCUT2D eigenvalue weighted by atomic mass is 35.5. The van der Waals surface area contributed by atoms with Crippen molar-refractivity contribution in [2.75, 3.05) is 30.4 Å². The summed E-state index contributed by atoms with van der Waals surface area (Å²) in [6.07, 6.45) is 3.99. The summed E-state index contributed by atoms with van der Waals surface area (Å²) in [4.78, 5) is 43.1. The number of anilines is 2. The van der Waals surface area contributed by atoms with Gasteiger partial charge in [-0.25, -0.2) is 4.79 Å². The second-order valence-corrected chi connectivity index (χ2v) is 10.3. The molecule has 2 amide bonds. The number of fused-ring (bicyclic) bond motifs is 3. The van der Waals surface area contributed by atoms with Gasteiger partial charge >= 0.3 is 5.97 Å². The smallest absolute Gasteiger partial charge is 0.337 e. The van der Waals surface area contributed by atoms with Gasteiger partial charge in [-0.15, -0.1) is 0 Å². The number of hydrogen-bond donors (Lipinski definition) is 1. The Morgan fingerprint density at radius 2 is 1.94 bits per heavy atom. The van der Waals surface area contributed by atoms with Crippen LogP contribution in [0.3, 0.4) is 0 Å². The zero-order valence-corrected chi connectivity index (χ0v) is 19.7. The summed E-state index contributed by atoms with van der Waals surface area (Å²) in [5.74, 6) is -0.159. The predicted molar refractivity (Wildman–Crippen MR) is 128 cm³/mol. The largest absolute Gasteiger partial charge is 0.465 e. The average Bonchev–Trinajstić information content (AvgIpc) is 3.39. The molecule has 8 heteroatoms. The molecule has 3 atom stereocenters. The van der Waals surface area contributed by atoms with Gasteiger partial charge in [0.15, 0.2) is 0 Å². The quantitative estimate of drug-likeness (QED) is 0.674. The Morgan fingerprint density at radius 3 is 2.62 bits per heavy atom. The van der Waals surface area contributed by atoms with Crippen molar-refractivity contribution in [3.05, 3.63) is 58.6 Å². The van der Waals surface area contributed by atoms with Gasteiger partial charge < -0.3 is 15.0 Å². The fraction of sp³-hybridized carbons (Fsp3) is 0.423. The van der Waals surface area contributed by atoms with Crippen LogP contribution in [0.4, 0.5) is 11.4 Å². The van der Waals surface area contributed by atoms with E-state index in [1.807, 2.05) is 12.1 Å². The molecule has 3 aliphatic heterocycles. The van der Waals surface area contributed by atoms with Crippen LogP contribution in [-0.2, 0) is 19.9 Å². The minimum absolute atomic E-state index is 0.0292. The Labute approximate surface area is 203 Å². The van der Waals surface area contributed by atoms with Crippen molar-refractivity contribution in [1.82, 2.24) is 4.90 Å². The Bertz CT molecular complexity index is 1200. The monoisotopic (exact) mass is 479 g/mol. The number of nitrogens with zero attached hydrogens (tertiary/aromatic N) is 2. The molecule has 0 radical (unpaired) electrons. The van der Waals surface area contributed by atoms with Gasteiger partial charge in [-0.1, -0.05) is 24.1 Å². The molecule has 2 aromatic carbocycles. The number of amides is 2. The zero-order valence-electron chi connectivity index (χ0n) is 18.9. The lowest BCUT2D eigenvalue weighted by Gasteiger charge is -2.41. The number of carbonyl (C=O) groups is 3. The molecule has 1 aliphatic carbocycles. The summed E-state index contributed by atoms with van der Waals surface area (Å²) in [5.41, 5.74) is 2.05. The number of methoxy groups -OCH3 is 1. The summed E-state index contributed by atoms with van der Waals surface area (Å²) in [5, 5.41) is 3.63. The van der Waals surface area contributed by atoms with E-state index in [0.717, 1.165) is 36.3 Å². The maximum Gasteiger partial charge on any atom is 0.337 e. The minimum atomic E-state index is -0.832. The number of nitrogens with one attached hydrogen (secondary N) is 1. The summed E-state index contributed by atoms with van der Waals surface area (Å²) in [7, 11) is 1.35. The van der Waals surface area contributed by atoms with Crippen LogP contribution in [0.1, 0.15) is 41.6 Å². The molecule has 2 aromatic rings. The van der Waals surface area contributed by atoms with Crippen molar-refractivity contribution in [2.45, 2.75) is 37.3 Å². The predicted octanol–water partition coefficient (Wildman–Crippen LogP) is 3.81. The molecule has 3 heterocycles. The summed E-state index contributed by atoms with van der Waals surface area (Å²) >= 11 is 6.21. The van der Waals surface area contributed by atoms with E-state index in [4.69, 9.17) is 16.3 Å². The standard InChI is InChI=1S/C26H26ClN3O4/c1-34-24(32)16-5-8-18(9-6-16)29-14-22-19(23(29)31)12-26(30(22)13-15-3-2-4-15)20-10-7-17(27)11-21(20)28-25(26)33/h5-11,15,19,22H,2-4,12-14H2,1H3,(H,28,33)/t19-,22-,26-/m1/s1. The lowest BCUT2D eigenvalue weighted by molar-refractivity contribution is -0.127. The number of esters is 1. The van der Waals surface area contributed by atoms with Gasteiger partial charge in [-0.2, -0.15) is 0 Å². The van der Waals surface area contributed by atoms with E-state index in [2.05, 4.69) is 10.2 Å². The van der Waals surface area contributed by atoms with E-state index in [1.165, 1.54) is 13.5 Å². The molecular formula is C26H26ClN3O4. The van der Waals surface area contributed by atoms with Crippen molar-refractivity contribution < 1.29 is 19.1 Å². The molecule has 1 saturated carbocycles. The maximum atomic E-state index is 13.6. The van der Waals surface area contributed by atoms with Crippen LogP contribution in [0.5, 0.6) is 0 Å². The fourth-order valence-corrected chi connectivity index (χ4v) is 6.39. The summed E-state index contributed by atoms with van der Waals surface area (Å²) in [6, 6.07) is 12.5. The van der Waals surface area contributed by atoms with E-state index < -0.39 is 11.5 Å². The number of benzene rings is 2. The molecule has 6 rings (SSSR count). The second kappa shape index (κ2) is 7.82. The van der Waals surface area contributed by atoms with Gasteiger partial charge in [-0.3, -0.25) is 14.5 Å². The first-order valence-electron chi connectivity index (χ1n) is 11.8. The highest BCUT2D eigenvalue weighted by molar-refractivity contribution is 6.31. The zero-order chi connectivity index (χ0) is 23.6. The van der Waals surface area contributed by atoms with E-state index in [-0.39, 0.29) is 23.8 Å². The first-order chi connectivity index (χ1) is 16.4. The number of hydrogen-bond acceptors (Lipinski definition) is 5. The number of carbonyl (C=O) groups excluding carboxylic acids is 3. The van der Waals surface area contributed by atoms with Crippen LogP contribution < -0.4 is 10.2 Å². The maximum absolute atomic E-state index is 13.6. The molecule has 4 aliphatic rings. The van der Waals surface area contributed by atoms with Crippen LogP contribution in [0.2, 0.25) is 5.02 Å². The fourth-order valence-electron chi connectivity index (χ4n) is 6.22. The van der Waals surface area contributed by atoms with Crippen LogP contribution in [0.15, 0.2) is 42.5 Å². The number of halogens is 1. The van der Waals surface area contributed by atoms with Crippen molar-refractivity contribution in [3.63, 3.8) is 0 Å². The summed E-state index contributed by atoms with van der Waals surface area (Å²) < 4.78 is 4.78. The topological polar surface area (TPSA) is 79.0 Å². The van der Waals surface area contributed by atoms with Crippen LogP contribution in [0, 0.1) is 11.8 Å². The molecule has 1 N–H and O–H groups in total. The first-order valence-corrected chi connectivity index (χ1v) is 12.2. The van der Waals surface area contributed by atoms with Crippen molar-refractivity contribution in [1.29, 1.82) is 0 Å². The third kappa shape index (κ3) is 3.03. The Kier molecular flexibility index (Phi) is 4.97. The van der Waals surface area contributed by atoms with Gasteiger partial charge in [0.1, 0.15) is 5.54 Å². The normalized spacial score (nSPS) is 28.1. The lowest BCUT2D eigenvalue weighted by atomic mass is 9.82. The molecule has 2 saturated heterocycles. The van der Waals surface area contributed by atoms with Gasteiger partial charge in [0.2, 0.25) is 11.8 Å². The Balaban J connectivity index is 1.35. The van der Waals surface area contributed by atoms with Gasteiger partial charge in [0.05, 0.1) is 18.6 Å². The van der Waals surface area contributed by atoms with E-state index in [9.17, 15) is 14.4 Å². The lowest BCUT2D eigenvalue weighted by Crippen LogP contribution is -2.53. The van der Waals surface area contributed by atoms with Crippen LogP contribution in [0.25, 0.3) is 0 Å². The highest BCUT2D eigenvalue weighted by Crippen LogP contribution is 2.55.